The van der Waals surface area contributed by atoms with E-state index in [0.29, 0.717) is 19.6 Å². The number of carbonyl (C=O) groups excluding carboxylic acids is 1. The second kappa shape index (κ2) is 9.74. The van der Waals surface area contributed by atoms with Gasteiger partial charge in [-0.3, -0.25) is 9.69 Å². The summed E-state index contributed by atoms with van der Waals surface area (Å²) in [7, 11) is 0. The summed E-state index contributed by atoms with van der Waals surface area (Å²) >= 11 is 1.63. The Kier molecular flexibility index (Phi) is 7.04. The minimum atomic E-state index is -0.695. The third-order valence-electron chi connectivity index (χ3n) is 6.76. The van der Waals surface area contributed by atoms with Gasteiger partial charge in [0.1, 0.15) is 24.4 Å². The molecule has 1 aromatic rings. The summed E-state index contributed by atoms with van der Waals surface area (Å²) in [6, 6.07) is 4.01. The van der Waals surface area contributed by atoms with E-state index in [2.05, 4.69) is 4.90 Å². The number of carbonyl (C=O) groups is 1. The van der Waals surface area contributed by atoms with Gasteiger partial charge in [-0.05, 0) is 39.1 Å². The van der Waals surface area contributed by atoms with E-state index in [-0.39, 0.29) is 30.3 Å². The molecule has 34 heavy (non-hydrogen) atoms. The number of hydrogen-bond acceptors (Lipinski definition) is 9. The van der Waals surface area contributed by atoms with Crippen molar-refractivity contribution in [3.63, 3.8) is 0 Å². The Labute approximate surface area is 205 Å². The molecular weight excluding hydrogens is 460 g/mol. The van der Waals surface area contributed by atoms with Crippen molar-refractivity contribution in [3.05, 3.63) is 22.4 Å². The highest BCUT2D eigenvalue weighted by Crippen LogP contribution is 2.42. The Balaban J connectivity index is 1.08. The summed E-state index contributed by atoms with van der Waals surface area (Å²) in [4.78, 5) is 17.9. The number of thiophene rings is 1. The lowest BCUT2D eigenvalue weighted by Gasteiger charge is -2.35. The highest BCUT2D eigenvalue weighted by Gasteiger charge is 2.59. The summed E-state index contributed by atoms with van der Waals surface area (Å²) in [5.41, 5.74) is 0. The van der Waals surface area contributed by atoms with Crippen molar-refractivity contribution in [1.82, 2.24) is 9.80 Å². The molecule has 10 heteroatoms. The number of hydrogen-bond donors (Lipinski definition) is 0. The van der Waals surface area contributed by atoms with Crippen LogP contribution in [-0.4, -0.2) is 104 Å². The van der Waals surface area contributed by atoms with Gasteiger partial charge in [-0.1, -0.05) is 6.07 Å². The van der Waals surface area contributed by atoms with Crippen LogP contribution in [0.1, 0.15) is 32.6 Å². The van der Waals surface area contributed by atoms with Crippen molar-refractivity contribution < 1.29 is 33.2 Å². The van der Waals surface area contributed by atoms with E-state index in [1.165, 1.54) is 0 Å². The number of amides is 1. The van der Waals surface area contributed by atoms with E-state index in [4.69, 9.17) is 28.4 Å². The first-order chi connectivity index (χ1) is 16.2. The standard InChI is InChI=1S/C24H36N2O7S/c1-23(2)29-15-17(31-23)19-20-21(33-24(3,4)32-20)22(30-19)28-12-11-25-7-9-26(10-8-25)18(27)14-16-6-5-13-34-16/h5-6,13,17,19-22H,7-12,14-15H2,1-4H3/t17?,19-,20+,21+,22+/m1/s1. The molecular formula is C24H36N2O7S. The summed E-state index contributed by atoms with van der Waals surface area (Å²) in [5.74, 6) is -1.12. The lowest BCUT2D eigenvalue weighted by atomic mass is 10.1. The Hall–Kier alpha value is -1.11. The van der Waals surface area contributed by atoms with Crippen molar-refractivity contribution in [3.8, 4) is 0 Å². The monoisotopic (exact) mass is 496 g/mol. The average molecular weight is 497 g/mol. The van der Waals surface area contributed by atoms with Crippen LogP contribution in [0.2, 0.25) is 0 Å². The van der Waals surface area contributed by atoms with E-state index in [0.717, 1.165) is 37.6 Å². The molecule has 0 aliphatic carbocycles. The smallest absolute Gasteiger partial charge is 0.227 e. The van der Waals surface area contributed by atoms with Gasteiger partial charge in [0.2, 0.25) is 5.91 Å². The van der Waals surface area contributed by atoms with Gasteiger partial charge in [0.05, 0.1) is 19.6 Å². The van der Waals surface area contributed by atoms with Gasteiger partial charge in [-0.15, -0.1) is 11.3 Å². The molecule has 5 atom stereocenters. The lowest BCUT2D eigenvalue weighted by molar-refractivity contribution is -0.248. The molecule has 1 unspecified atom stereocenters. The summed E-state index contributed by atoms with van der Waals surface area (Å²) in [5, 5.41) is 2.01. The molecule has 0 bridgehead atoms. The van der Waals surface area contributed by atoms with Crippen LogP contribution in [0.3, 0.4) is 0 Å². The van der Waals surface area contributed by atoms with Crippen LogP contribution in [0.25, 0.3) is 0 Å². The minimum Gasteiger partial charge on any atom is -0.349 e. The number of nitrogens with zero attached hydrogens (tertiary/aromatic N) is 2. The zero-order valence-corrected chi connectivity index (χ0v) is 21.3. The maximum absolute atomic E-state index is 12.5. The van der Waals surface area contributed by atoms with Gasteiger partial charge in [-0.2, -0.15) is 0 Å². The molecule has 4 saturated heterocycles. The predicted molar refractivity (Wildman–Crippen MR) is 124 cm³/mol. The molecule has 9 nitrogen and oxygen atoms in total. The second-order valence-electron chi connectivity index (χ2n) is 10.3. The molecule has 5 heterocycles. The van der Waals surface area contributed by atoms with Gasteiger partial charge >= 0.3 is 0 Å². The van der Waals surface area contributed by atoms with E-state index in [1.807, 2.05) is 50.1 Å². The summed E-state index contributed by atoms with van der Waals surface area (Å²) < 4.78 is 36.5. The zero-order valence-electron chi connectivity index (χ0n) is 20.4. The first-order valence-corrected chi connectivity index (χ1v) is 13.0. The second-order valence-corrected chi connectivity index (χ2v) is 11.3. The minimum absolute atomic E-state index is 0.206. The molecule has 0 aromatic carbocycles. The van der Waals surface area contributed by atoms with E-state index in [9.17, 15) is 4.79 Å². The molecule has 4 aliphatic heterocycles. The third kappa shape index (κ3) is 5.49. The fraction of sp³-hybridized carbons (Fsp3) is 0.792. The molecule has 1 amide bonds. The number of rotatable bonds is 7. The average Bonchev–Trinajstić information content (AvgIpc) is 3.54. The van der Waals surface area contributed by atoms with Crippen LogP contribution in [0.5, 0.6) is 0 Å². The lowest BCUT2D eigenvalue weighted by Crippen LogP contribution is -2.50. The van der Waals surface area contributed by atoms with Crippen LogP contribution in [-0.2, 0) is 39.6 Å². The molecule has 4 aliphatic rings. The van der Waals surface area contributed by atoms with Crippen LogP contribution in [0, 0.1) is 0 Å². The van der Waals surface area contributed by atoms with Crippen molar-refractivity contribution in [2.24, 2.45) is 0 Å². The number of fused-ring (bicyclic) bond motifs is 1. The first-order valence-electron chi connectivity index (χ1n) is 12.2. The fourth-order valence-corrected chi connectivity index (χ4v) is 5.79. The summed E-state index contributed by atoms with van der Waals surface area (Å²) in [6.07, 6.45) is -1.13. The normalized spacial score (nSPS) is 35.1. The topological polar surface area (TPSA) is 78.9 Å². The molecule has 0 radical (unpaired) electrons. The first kappa shape index (κ1) is 24.6. The maximum atomic E-state index is 12.5. The quantitative estimate of drug-likeness (QED) is 0.566. The van der Waals surface area contributed by atoms with Crippen molar-refractivity contribution >= 4 is 17.2 Å². The van der Waals surface area contributed by atoms with E-state index in [1.54, 1.807) is 11.3 Å². The SMILES string of the molecule is CC1(C)OCC([C@H]2O[C@H](OCCN3CCN(C(=O)Cc4cccs4)CC3)[C@H]3OC(C)(C)O[C@H]32)O1. The Morgan fingerprint density at radius 3 is 2.50 bits per heavy atom. The Morgan fingerprint density at radius 2 is 1.82 bits per heavy atom. The molecule has 190 valence electrons. The highest BCUT2D eigenvalue weighted by molar-refractivity contribution is 7.10. The largest absolute Gasteiger partial charge is 0.349 e. The molecule has 0 N–H and O–H groups in total. The highest BCUT2D eigenvalue weighted by atomic mass is 32.1. The van der Waals surface area contributed by atoms with Crippen LogP contribution >= 0.6 is 11.3 Å². The fourth-order valence-electron chi connectivity index (χ4n) is 5.09. The zero-order chi connectivity index (χ0) is 23.9. The van der Waals surface area contributed by atoms with Gasteiger partial charge < -0.3 is 33.3 Å². The van der Waals surface area contributed by atoms with Crippen molar-refractivity contribution in [1.29, 1.82) is 0 Å². The van der Waals surface area contributed by atoms with Gasteiger partial charge in [-0.25, -0.2) is 0 Å². The molecule has 5 rings (SSSR count). The van der Waals surface area contributed by atoms with Gasteiger partial charge in [0.25, 0.3) is 0 Å². The van der Waals surface area contributed by atoms with Crippen LogP contribution < -0.4 is 0 Å². The maximum Gasteiger partial charge on any atom is 0.227 e. The number of ether oxygens (including phenoxy) is 6. The molecule has 0 spiro atoms. The molecule has 0 saturated carbocycles. The predicted octanol–water partition coefficient (Wildman–Crippen LogP) is 1.85. The van der Waals surface area contributed by atoms with Gasteiger partial charge in [0.15, 0.2) is 17.9 Å². The van der Waals surface area contributed by atoms with Crippen LogP contribution in [0.4, 0.5) is 0 Å². The van der Waals surface area contributed by atoms with Crippen molar-refractivity contribution in [2.75, 3.05) is 45.9 Å². The van der Waals surface area contributed by atoms with Crippen molar-refractivity contribution in [2.45, 2.75) is 76.4 Å². The van der Waals surface area contributed by atoms with E-state index >= 15 is 0 Å². The Morgan fingerprint density at radius 1 is 1.06 bits per heavy atom. The number of piperazine rings is 1. The van der Waals surface area contributed by atoms with Crippen LogP contribution in [0.15, 0.2) is 17.5 Å². The third-order valence-corrected chi connectivity index (χ3v) is 7.64. The Bertz CT molecular complexity index is 840. The molecule has 1 aromatic heterocycles. The summed E-state index contributed by atoms with van der Waals surface area (Å²) in [6.45, 7) is 12.5. The molecule has 4 fully saturated rings. The van der Waals surface area contributed by atoms with E-state index < -0.39 is 17.9 Å². The van der Waals surface area contributed by atoms with Gasteiger partial charge in [0, 0.05) is 37.6 Å².